The summed E-state index contributed by atoms with van der Waals surface area (Å²) in [5.74, 6) is -0.273. The summed E-state index contributed by atoms with van der Waals surface area (Å²) in [4.78, 5) is 16.0. The van der Waals surface area contributed by atoms with Gasteiger partial charge in [-0.05, 0) is 65.7 Å². The molecular formula is C22H19N3OS. The Hall–Kier alpha value is -3.31. The second-order valence-corrected chi connectivity index (χ2v) is 6.32. The van der Waals surface area contributed by atoms with Crippen LogP contribution in [0.5, 0.6) is 0 Å². The Morgan fingerprint density at radius 2 is 1.59 bits per heavy atom. The molecule has 0 saturated heterocycles. The molecule has 2 aromatic carbocycles. The van der Waals surface area contributed by atoms with Crippen LogP contribution in [0.15, 0.2) is 85.2 Å². The van der Waals surface area contributed by atoms with Crippen LogP contribution >= 0.6 is 12.2 Å². The molecule has 4 nitrogen and oxygen atoms in total. The molecule has 2 N–H and O–H groups in total. The summed E-state index contributed by atoms with van der Waals surface area (Å²) >= 11 is 5.20. The van der Waals surface area contributed by atoms with Gasteiger partial charge in [0.05, 0.1) is 0 Å². The van der Waals surface area contributed by atoms with Crippen LogP contribution in [0.25, 0.3) is 6.08 Å². The number of rotatable bonds is 5. The van der Waals surface area contributed by atoms with E-state index in [1.807, 2.05) is 66.7 Å². The molecule has 3 aromatic rings. The lowest BCUT2D eigenvalue weighted by atomic mass is 10.1. The summed E-state index contributed by atoms with van der Waals surface area (Å²) in [7, 11) is 0. The van der Waals surface area contributed by atoms with Crippen molar-refractivity contribution in [3.05, 3.63) is 102 Å². The predicted octanol–water partition coefficient (Wildman–Crippen LogP) is 4.20. The van der Waals surface area contributed by atoms with E-state index >= 15 is 0 Å². The van der Waals surface area contributed by atoms with Crippen LogP contribution in [-0.4, -0.2) is 16.0 Å². The summed E-state index contributed by atoms with van der Waals surface area (Å²) in [6.07, 6.45) is 7.62. The van der Waals surface area contributed by atoms with Gasteiger partial charge in [-0.25, -0.2) is 0 Å². The lowest BCUT2D eigenvalue weighted by molar-refractivity contribution is -0.115. The molecule has 1 amide bonds. The quantitative estimate of drug-likeness (QED) is 0.520. The smallest absolute Gasteiger partial charge is 0.250 e. The van der Waals surface area contributed by atoms with E-state index in [2.05, 4.69) is 15.6 Å². The van der Waals surface area contributed by atoms with Gasteiger partial charge in [0, 0.05) is 24.2 Å². The summed E-state index contributed by atoms with van der Waals surface area (Å²) in [5.41, 5.74) is 4.17. The minimum Gasteiger partial charge on any atom is -0.332 e. The molecule has 0 spiro atoms. The number of carbonyl (C=O) groups is 1. The van der Waals surface area contributed by atoms with Gasteiger partial charge in [0.15, 0.2) is 5.11 Å². The van der Waals surface area contributed by atoms with Gasteiger partial charge in [-0.2, -0.15) is 0 Å². The van der Waals surface area contributed by atoms with E-state index < -0.39 is 0 Å². The van der Waals surface area contributed by atoms with Gasteiger partial charge in [-0.15, -0.1) is 0 Å². The Morgan fingerprint density at radius 1 is 0.926 bits per heavy atom. The van der Waals surface area contributed by atoms with Gasteiger partial charge >= 0.3 is 0 Å². The van der Waals surface area contributed by atoms with Crippen molar-refractivity contribution in [1.29, 1.82) is 0 Å². The number of pyridine rings is 1. The van der Waals surface area contributed by atoms with Crippen molar-refractivity contribution in [1.82, 2.24) is 10.3 Å². The van der Waals surface area contributed by atoms with Crippen molar-refractivity contribution in [2.24, 2.45) is 0 Å². The Kier molecular flexibility index (Phi) is 6.44. The van der Waals surface area contributed by atoms with E-state index in [-0.39, 0.29) is 11.0 Å². The third-order valence-corrected chi connectivity index (χ3v) is 4.04. The molecule has 0 aliphatic carbocycles. The summed E-state index contributed by atoms with van der Waals surface area (Å²) in [5, 5.41) is 5.92. The highest BCUT2D eigenvalue weighted by Crippen LogP contribution is 2.13. The zero-order valence-electron chi connectivity index (χ0n) is 14.6. The molecule has 0 saturated carbocycles. The fourth-order valence-corrected chi connectivity index (χ4v) is 2.71. The van der Waals surface area contributed by atoms with Crippen molar-refractivity contribution in [2.75, 3.05) is 5.32 Å². The maximum atomic E-state index is 11.9. The van der Waals surface area contributed by atoms with Crippen LogP contribution in [0.1, 0.15) is 16.7 Å². The number of thiocarbonyl (C=S) groups is 1. The molecule has 3 rings (SSSR count). The first kappa shape index (κ1) is 18.5. The normalized spacial score (nSPS) is 10.5. The first-order chi connectivity index (χ1) is 13.2. The highest BCUT2D eigenvalue weighted by molar-refractivity contribution is 7.80. The molecular weight excluding hydrogens is 354 g/mol. The summed E-state index contributed by atoms with van der Waals surface area (Å²) in [6.45, 7) is 0. The van der Waals surface area contributed by atoms with Gasteiger partial charge in [-0.1, -0.05) is 42.5 Å². The minimum absolute atomic E-state index is 0.264. The average molecular weight is 373 g/mol. The van der Waals surface area contributed by atoms with Crippen LogP contribution in [0, 0.1) is 0 Å². The van der Waals surface area contributed by atoms with Gasteiger partial charge in [0.25, 0.3) is 0 Å². The minimum atomic E-state index is -0.273. The molecule has 1 heterocycles. The fourth-order valence-electron chi connectivity index (χ4n) is 2.49. The summed E-state index contributed by atoms with van der Waals surface area (Å²) in [6, 6.07) is 21.6. The van der Waals surface area contributed by atoms with E-state index in [1.165, 1.54) is 17.2 Å². The Morgan fingerprint density at radius 3 is 2.30 bits per heavy atom. The number of nitrogens with zero attached hydrogens (tertiary/aromatic N) is 1. The maximum absolute atomic E-state index is 11.9. The van der Waals surface area contributed by atoms with Crippen molar-refractivity contribution in [3.63, 3.8) is 0 Å². The zero-order chi connectivity index (χ0) is 18.9. The van der Waals surface area contributed by atoms with Gasteiger partial charge in [-0.3, -0.25) is 15.1 Å². The van der Waals surface area contributed by atoms with Crippen LogP contribution < -0.4 is 10.6 Å². The van der Waals surface area contributed by atoms with Gasteiger partial charge < -0.3 is 5.32 Å². The molecule has 0 aliphatic rings. The molecule has 134 valence electrons. The van der Waals surface area contributed by atoms with Gasteiger partial charge in [0.1, 0.15) is 0 Å². The Bertz CT molecular complexity index is 923. The second-order valence-electron chi connectivity index (χ2n) is 5.92. The number of hydrogen-bond acceptors (Lipinski definition) is 3. The van der Waals surface area contributed by atoms with Crippen LogP contribution in [0.4, 0.5) is 5.69 Å². The zero-order valence-corrected chi connectivity index (χ0v) is 15.4. The topological polar surface area (TPSA) is 54.0 Å². The number of hydrogen-bond donors (Lipinski definition) is 2. The lowest BCUT2D eigenvalue weighted by Gasteiger charge is -2.09. The van der Waals surface area contributed by atoms with Gasteiger partial charge in [0.2, 0.25) is 5.91 Å². The monoisotopic (exact) mass is 373 g/mol. The number of nitrogens with one attached hydrogen (secondary N) is 2. The molecule has 0 radical (unpaired) electrons. The van der Waals surface area contributed by atoms with E-state index in [9.17, 15) is 4.79 Å². The highest BCUT2D eigenvalue weighted by Gasteiger charge is 2.02. The van der Waals surface area contributed by atoms with Crippen LogP contribution in [0.2, 0.25) is 0 Å². The van der Waals surface area contributed by atoms with E-state index in [0.29, 0.717) is 0 Å². The molecule has 0 fully saturated rings. The molecule has 1 aromatic heterocycles. The van der Waals surface area contributed by atoms with Crippen LogP contribution in [-0.2, 0) is 11.2 Å². The SMILES string of the molecule is O=C(C=Cc1ccccc1)NC(=S)Nc1ccc(Cc2ccncc2)cc1. The molecule has 0 atom stereocenters. The van der Waals surface area contributed by atoms with Crippen molar-refractivity contribution in [2.45, 2.75) is 6.42 Å². The third kappa shape index (κ3) is 6.17. The standard InChI is InChI=1S/C22H19N3OS/c26-21(11-8-17-4-2-1-3-5-17)25-22(27)24-20-9-6-18(7-10-20)16-19-12-14-23-15-13-19/h1-15H,16H2,(H2,24,25,26,27). The Balaban J connectivity index is 1.50. The average Bonchev–Trinajstić information content (AvgIpc) is 2.69. The molecule has 5 heteroatoms. The molecule has 0 unspecified atom stereocenters. The molecule has 0 bridgehead atoms. The first-order valence-electron chi connectivity index (χ1n) is 8.52. The van der Waals surface area contributed by atoms with Crippen molar-refractivity contribution < 1.29 is 4.79 Å². The number of aromatic nitrogens is 1. The predicted molar refractivity (Wildman–Crippen MR) is 113 cm³/mol. The third-order valence-electron chi connectivity index (χ3n) is 3.83. The summed E-state index contributed by atoms with van der Waals surface area (Å²) < 4.78 is 0. The number of amides is 1. The molecule has 27 heavy (non-hydrogen) atoms. The van der Waals surface area contributed by atoms with Crippen molar-refractivity contribution in [3.8, 4) is 0 Å². The maximum Gasteiger partial charge on any atom is 0.250 e. The van der Waals surface area contributed by atoms with E-state index in [0.717, 1.165) is 17.7 Å². The largest absolute Gasteiger partial charge is 0.332 e. The van der Waals surface area contributed by atoms with E-state index in [1.54, 1.807) is 18.5 Å². The number of carbonyl (C=O) groups excluding carboxylic acids is 1. The van der Waals surface area contributed by atoms with E-state index in [4.69, 9.17) is 12.2 Å². The molecule has 0 aliphatic heterocycles. The lowest BCUT2D eigenvalue weighted by Crippen LogP contribution is -2.32. The first-order valence-corrected chi connectivity index (χ1v) is 8.93. The van der Waals surface area contributed by atoms with Crippen molar-refractivity contribution >= 4 is 35.0 Å². The van der Waals surface area contributed by atoms with Crippen LogP contribution in [0.3, 0.4) is 0 Å². The highest BCUT2D eigenvalue weighted by atomic mass is 32.1. The number of benzene rings is 2. The Labute approximate surface area is 164 Å². The second kappa shape index (κ2) is 9.40. The number of anilines is 1. The fraction of sp³-hybridized carbons (Fsp3) is 0.0455.